The second kappa shape index (κ2) is 5.34. The number of hydrogen-bond donors (Lipinski definition) is 4. The van der Waals surface area contributed by atoms with Crippen molar-refractivity contribution in [1.29, 1.82) is 0 Å². The van der Waals surface area contributed by atoms with Gasteiger partial charge in [-0.1, -0.05) is 6.92 Å². The van der Waals surface area contributed by atoms with Crippen LogP contribution in [0.4, 0.5) is 0 Å². The fourth-order valence-electron chi connectivity index (χ4n) is 1.66. The molecule has 2 aromatic heterocycles. The third-order valence-corrected chi connectivity index (χ3v) is 2.57. The summed E-state index contributed by atoms with van der Waals surface area (Å²) in [5.41, 5.74) is -1.43. The van der Waals surface area contributed by atoms with Gasteiger partial charge in [0.25, 0.3) is 11.5 Å². The summed E-state index contributed by atoms with van der Waals surface area (Å²) in [6.45, 7) is 1.88. The lowest BCUT2D eigenvalue weighted by molar-refractivity contribution is 0.0928. The molecule has 0 aliphatic heterocycles. The van der Waals surface area contributed by atoms with Crippen molar-refractivity contribution in [3.63, 3.8) is 0 Å². The van der Waals surface area contributed by atoms with Gasteiger partial charge in [0, 0.05) is 18.5 Å². The van der Waals surface area contributed by atoms with Crippen molar-refractivity contribution in [2.45, 2.75) is 19.4 Å². The number of nitrogens with zero attached hydrogens (tertiary/aromatic N) is 1. The SMILES string of the molecule is CCC(NC(=O)c1cc(=O)[nH]c(=O)[nH]1)c1ncc[nH]1. The van der Waals surface area contributed by atoms with Crippen molar-refractivity contribution in [3.8, 4) is 0 Å². The van der Waals surface area contributed by atoms with Crippen molar-refractivity contribution < 1.29 is 4.79 Å². The number of rotatable bonds is 4. The maximum Gasteiger partial charge on any atom is 0.326 e. The molecule has 0 saturated carbocycles. The van der Waals surface area contributed by atoms with Crippen LogP contribution in [-0.4, -0.2) is 25.8 Å². The summed E-state index contributed by atoms with van der Waals surface area (Å²) in [4.78, 5) is 45.4. The summed E-state index contributed by atoms with van der Waals surface area (Å²) < 4.78 is 0. The zero-order valence-electron chi connectivity index (χ0n) is 10.2. The number of carbonyl (C=O) groups excluding carboxylic acids is 1. The fraction of sp³-hybridized carbons (Fsp3) is 0.273. The minimum atomic E-state index is -0.719. The molecule has 8 heteroatoms. The van der Waals surface area contributed by atoms with E-state index in [1.54, 1.807) is 12.4 Å². The summed E-state index contributed by atoms with van der Waals surface area (Å²) >= 11 is 0. The number of amides is 1. The largest absolute Gasteiger partial charge is 0.347 e. The lowest BCUT2D eigenvalue weighted by atomic mass is 10.2. The van der Waals surface area contributed by atoms with Gasteiger partial charge in [0.05, 0.1) is 6.04 Å². The molecule has 0 saturated heterocycles. The van der Waals surface area contributed by atoms with Crippen molar-refractivity contribution >= 4 is 5.91 Å². The minimum Gasteiger partial charge on any atom is -0.347 e. The molecule has 1 amide bonds. The highest BCUT2D eigenvalue weighted by Gasteiger charge is 2.16. The highest BCUT2D eigenvalue weighted by Crippen LogP contribution is 2.11. The molecule has 0 aliphatic rings. The zero-order valence-corrected chi connectivity index (χ0v) is 10.2. The Labute approximate surface area is 107 Å². The number of H-pyrrole nitrogens is 3. The van der Waals surface area contributed by atoms with Gasteiger partial charge in [-0.05, 0) is 6.42 Å². The number of aromatic amines is 3. The predicted octanol–water partition coefficient (Wildman–Crippen LogP) is -0.333. The Kier molecular flexibility index (Phi) is 3.60. The number of aromatic nitrogens is 4. The second-order valence-corrected chi connectivity index (χ2v) is 3.91. The highest BCUT2D eigenvalue weighted by atomic mass is 16.2. The van der Waals surface area contributed by atoms with E-state index in [9.17, 15) is 14.4 Å². The Hall–Kier alpha value is -2.64. The molecular weight excluding hydrogens is 250 g/mol. The van der Waals surface area contributed by atoms with Crippen LogP contribution in [-0.2, 0) is 0 Å². The fourth-order valence-corrected chi connectivity index (χ4v) is 1.66. The smallest absolute Gasteiger partial charge is 0.326 e. The van der Waals surface area contributed by atoms with Gasteiger partial charge < -0.3 is 15.3 Å². The normalized spacial score (nSPS) is 12.1. The van der Waals surface area contributed by atoms with E-state index >= 15 is 0 Å². The quantitative estimate of drug-likeness (QED) is 0.602. The summed E-state index contributed by atoms with van der Waals surface area (Å²) in [7, 11) is 0. The van der Waals surface area contributed by atoms with Crippen LogP contribution in [0.3, 0.4) is 0 Å². The number of imidazole rings is 1. The van der Waals surface area contributed by atoms with Crippen LogP contribution < -0.4 is 16.6 Å². The molecular formula is C11H13N5O3. The Balaban J connectivity index is 2.20. The number of hydrogen-bond acceptors (Lipinski definition) is 4. The molecule has 100 valence electrons. The molecule has 2 rings (SSSR count). The van der Waals surface area contributed by atoms with Gasteiger partial charge in [0.1, 0.15) is 11.5 Å². The van der Waals surface area contributed by atoms with Crippen LogP contribution in [0.25, 0.3) is 0 Å². The van der Waals surface area contributed by atoms with E-state index < -0.39 is 17.2 Å². The summed E-state index contributed by atoms with van der Waals surface area (Å²) in [6, 6.07) is 0.719. The van der Waals surface area contributed by atoms with Crippen LogP contribution >= 0.6 is 0 Å². The van der Waals surface area contributed by atoms with Gasteiger partial charge in [0.2, 0.25) is 0 Å². The van der Waals surface area contributed by atoms with Crippen molar-refractivity contribution in [1.82, 2.24) is 25.3 Å². The van der Waals surface area contributed by atoms with E-state index in [4.69, 9.17) is 0 Å². The van der Waals surface area contributed by atoms with E-state index in [1.807, 2.05) is 11.9 Å². The van der Waals surface area contributed by atoms with Crippen LogP contribution in [0.15, 0.2) is 28.0 Å². The predicted molar refractivity (Wildman–Crippen MR) is 66.8 cm³/mol. The van der Waals surface area contributed by atoms with E-state index in [-0.39, 0.29) is 11.7 Å². The molecule has 8 nitrogen and oxygen atoms in total. The van der Waals surface area contributed by atoms with Crippen LogP contribution in [0.5, 0.6) is 0 Å². The molecule has 4 N–H and O–H groups in total. The molecule has 0 fully saturated rings. The van der Waals surface area contributed by atoms with Gasteiger partial charge in [-0.25, -0.2) is 9.78 Å². The van der Waals surface area contributed by atoms with E-state index in [0.29, 0.717) is 12.2 Å². The lowest BCUT2D eigenvalue weighted by Gasteiger charge is -2.14. The van der Waals surface area contributed by atoms with Crippen LogP contribution in [0.1, 0.15) is 35.7 Å². The number of nitrogens with one attached hydrogen (secondary N) is 4. The van der Waals surface area contributed by atoms with Crippen molar-refractivity contribution in [2.24, 2.45) is 0 Å². The van der Waals surface area contributed by atoms with Gasteiger partial charge in [0.15, 0.2) is 0 Å². The second-order valence-electron chi connectivity index (χ2n) is 3.91. The molecule has 1 atom stereocenters. The Morgan fingerprint density at radius 3 is 2.79 bits per heavy atom. The molecule has 0 spiro atoms. The molecule has 1 unspecified atom stereocenters. The average Bonchev–Trinajstić information content (AvgIpc) is 2.88. The first-order valence-corrected chi connectivity index (χ1v) is 5.74. The summed E-state index contributed by atoms with van der Waals surface area (Å²) in [5, 5.41) is 2.68. The summed E-state index contributed by atoms with van der Waals surface area (Å²) in [5.74, 6) is 0.0782. The maximum atomic E-state index is 11.9. The van der Waals surface area contributed by atoms with E-state index in [0.717, 1.165) is 6.07 Å². The number of carbonyl (C=O) groups is 1. The first-order valence-electron chi connectivity index (χ1n) is 5.74. The topological polar surface area (TPSA) is 124 Å². The van der Waals surface area contributed by atoms with Gasteiger partial charge in [-0.15, -0.1) is 0 Å². The Morgan fingerprint density at radius 2 is 2.21 bits per heavy atom. The molecule has 2 heterocycles. The molecule has 0 bridgehead atoms. The standard InChI is InChI=1S/C11H13N5O3/c1-2-6(9-12-3-4-13-9)14-10(18)7-5-8(17)16-11(19)15-7/h3-6H,2H2,1H3,(H,12,13)(H,14,18)(H2,15,16,17,19). The van der Waals surface area contributed by atoms with Crippen molar-refractivity contribution in [2.75, 3.05) is 0 Å². The third-order valence-electron chi connectivity index (χ3n) is 2.57. The third kappa shape index (κ3) is 2.97. The van der Waals surface area contributed by atoms with E-state index in [2.05, 4.69) is 20.3 Å². The van der Waals surface area contributed by atoms with Crippen LogP contribution in [0.2, 0.25) is 0 Å². The Bertz CT molecular complexity index is 642. The monoisotopic (exact) mass is 263 g/mol. The lowest BCUT2D eigenvalue weighted by Crippen LogP contribution is -2.33. The first-order chi connectivity index (χ1) is 9.10. The molecule has 0 aliphatic carbocycles. The van der Waals surface area contributed by atoms with E-state index in [1.165, 1.54) is 0 Å². The average molecular weight is 263 g/mol. The molecule has 19 heavy (non-hydrogen) atoms. The molecule has 0 radical (unpaired) electrons. The van der Waals surface area contributed by atoms with Crippen molar-refractivity contribution in [3.05, 3.63) is 50.8 Å². The van der Waals surface area contributed by atoms with Gasteiger partial charge >= 0.3 is 5.69 Å². The highest BCUT2D eigenvalue weighted by molar-refractivity contribution is 5.92. The minimum absolute atomic E-state index is 0.0845. The van der Waals surface area contributed by atoms with Crippen LogP contribution in [0, 0.1) is 0 Å². The zero-order chi connectivity index (χ0) is 13.8. The maximum absolute atomic E-state index is 11.9. The molecule has 2 aromatic rings. The van der Waals surface area contributed by atoms with Gasteiger partial charge in [-0.3, -0.25) is 14.6 Å². The van der Waals surface area contributed by atoms with Gasteiger partial charge in [-0.2, -0.15) is 0 Å². The molecule has 0 aromatic carbocycles. The summed E-state index contributed by atoms with van der Waals surface area (Å²) in [6.07, 6.45) is 3.85. The Morgan fingerprint density at radius 1 is 1.42 bits per heavy atom. The first kappa shape index (κ1) is 12.8.